The molecule has 52 heavy (non-hydrogen) atoms. The maximum Gasteiger partial charge on any atom is 0.0466 e. The van der Waals surface area contributed by atoms with Crippen LogP contribution in [0.1, 0.15) is 48.6 Å². The smallest absolute Gasteiger partial charge is 0.0466 e. The lowest BCUT2D eigenvalue weighted by atomic mass is 9.87. The molecule has 0 saturated carbocycles. The van der Waals surface area contributed by atoms with Gasteiger partial charge in [-0.1, -0.05) is 136 Å². The molecule has 0 saturated heterocycles. The van der Waals surface area contributed by atoms with Crippen molar-refractivity contribution in [2.75, 3.05) is 9.80 Å². The fraction of sp³-hybridized carbons (Fsp3) is 0.120. The maximum absolute atomic E-state index is 2.36. The minimum atomic E-state index is 0.107. The summed E-state index contributed by atoms with van der Waals surface area (Å²) in [7, 11) is 0. The van der Waals surface area contributed by atoms with E-state index in [0.717, 1.165) is 34.0 Å². The third kappa shape index (κ3) is 7.93. The van der Waals surface area contributed by atoms with E-state index in [2.05, 4.69) is 232 Å². The summed E-state index contributed by atoms with van der Waals surface area (Å²) in [6.45, 7) is 11.1. The molecule has 7 aromatic carbocycles. The Hall–Kier alpha value is -6.12. The topological polar surface area (TPSA) is 6.48 Å². The third-order valence-corrected chi connectivity index (χ3v) is 9.47. The highest BCUT2D eigenvalue weighted by molar-refractivity contribution is 5.80. The third-order valence-electron chi connectivity index (χ3n) is 9.47. The van der Waals surface area contributed by atoms with E-state index in [1.165, 1.54) is 39.1 Å². The van der Waals surface area contributed by atoms with Gasteiger partial charge in [0.15, 0.2) is 0 Å². The van der Waals surface area contributed by atoms with E-state index in [4.69, 9.17) is 0 Å². The van der Waals surface area contributed by atoms with Gasteiger partial charge in [-0.25, -0.2) is 0 Å². The minimum absolute atomic E-state index is 0.107. The van der Waals surface area contributed by atoms with Gasteiger partial charge in [0.2, 0.25) is 0 Å². The monoisotopic (exact) mass is 674 g/mol. The molecule has 0 aliphatic carbocycles. The van der Waals surface area contributed by atoms with Crippen LogP contribution in [0.15, 0.2) is 176 Å². The van der Waals surface area contributed by atoms with Gasteiger partial charge in [0, 0.05) is 34.1 Å². The van der Waals surface area contributed by atoms with E-state index in [1.54, 1.807) is 0 Å². The van der Waals surface area contributed by atoms with Crippen molar-refractivity contribution >= 4 is 46.3 Å². The zero-order valence-electron chi connectivity index (χ0n) is 30.8. The molecule has 0 fully saturated rings. The van der Waals surface area contributed by atoms with Crippen LogP contribution >= 0.6 is 0 Å². The molecule has 0 aliphatic rings. The van der Waals surface area contributed by atoms with Gasteiger partial charge >= 0.3 is 0 Å². The first kappa shape index (κ1) is 34.3. The van der Waals surface area contributed by atoms with Crippen molar-refractivity contribution in [2.24, 2.45) is 0 Å². The van der Waals surface area contributed by atoms with Crippen LogP contribution in [-0.2, 0) is 5.41 Å². The Morgan fingerprint density at radius 1 is 0.365 bits per heavy atom. The molecule has 2 nitrogen and oxygen atoms in total. The Bertz CT molecular complexity index is 2180. The molecule has 0 N–H and O–H groups in total. The first-order valence-electron chi connectivity index (χ1n) is 18.1. The van der Waals surface area contributed by atoms with Crippen molar-refractivity contribution in [3.05, 3.63) is 204 Å². The summed E-state index contributed by atoms with van der Waals surface area (Å²) in [6.07, 6.45) is 4.36. The van der Waals surface area contributed by atoms with Crippen LogP contribution in [-0.4, -0.2) is 0 Å². The number of rotatable bonds is 9. The van der Waals surface area contributed by atoms with Crippen LogP contribution < -0.4 is 9.80 Å². The predicted molar refractivity (Wildman–Crippen MR) is 225 cm³/mol. The molecule has 0 aromatic heterocycles. The largest absolute Gasteiger partial charge is 0.311 e. The van der Waals surface area contributed by atoms with Crippen molar-refractivity contribution < 1.29 is 0 Å². The fourth-order valence-electron chi connectivity index (χ4n) is 6.76. The second kappa shape index (κ2) is 15.0. The Balaban J connectivity index is 1.08. The van der Waals surface area contributed by atoms with E-state index in [-0.39, 0.29) is 5.41 Å². The lowest BCUT2D eigenvalue weighted by Gasteiger charge is -2.27. The van der Waals surface area contributed by atoms with Crippen LogP contribution in [0.4, 0.5) is 34.1 Å². The number of aryl methyl sites for hydroxylation is 2. The van der Waals surface area contributed by atoms with E-state index in [9.17, 15) is 0 Å². The second-order valence-electron chi connectivity index (χ2n) is 14.6. The Labute approximate surface area is 310 Å². The molecule has 0 bridgehead atoms. The molecular weight excluding hydrogens is 629 g/mol. The van der Waals surface area contributed by atoms with Gasteiger partial charge in [0.05, 0.1) is 0 Å². The van der Waals surface area contributed by atoms with Gasteiger partial charge in [0.1, 0.15) is 0 Å². The molecule has 0 radical (unpaired) electrons. The average Bonchev–Trinajstić information content (AvgIpc) is 3.16. The van der Waals surface area contributed by atoms with Gasteiger partial charge in [-0.15, -0.1) is 0 Å². The van der Waals surface area contributed by atoms with E-state index < -0.39 is 0 Å². The first-order valence-corrected chi connectivity index (χ1v) is 18.1. The average molecular weight is 675 g/mol. The normalized spacial score (nSPS) is 11.5. The standard InChI is InChI=1S/C50H46N2/c1-37-34-38(2)36-49(35-37)52(48-32-26-43(27-33-48)50(3,4)5)47-30-24-42(25-31-47)41-22-18-39(19-23-41)16-17-40-20-28-46(29-21-40)51(44-12-8-6-9-13-44)45-14-10-7-11-15-45/h6-36H,1-5H3. The summed E-state index contributed by atoms with van der Waals surface area (Å²) in [5.41, 5.74) is 15.5. The summed E-state index contributed by atoms with van der Waals surface area (Å²) < 4.78 is 0. The second-order valence-corrected chi connectivity index (χ2v) is 14.6. The number of para-hydroxylation sites is 2. The summed E-state index contributed by atoms with van der Waals surface area (Å²) in [6, 6.07) is 63.3. The summed E-state index contributed by atoms with van der Waals surface area (Å²) >= 11 is 0. The van der Waals surface area contributed by atoms with Gasteiger partial charge < -0.3 is 9.80 Å². The number of nitrogens with zero attached hydrogens (tertiary/aromatic N) is 2. The summed E-state index contributed by atoms with van der Waals surface area (Å²) in [5.74, 6) is 0. The lowest BCUT2D eigenvalue weighted by Crippen LogP contribution is -2.13. The van der Waals surface area contributed by atoms with Gasteiger partial charge in [-0.2, -0.15) is 0 Å². The quantitative estimate of drug-likeness (QED) is 0.141. The van der Waals surface area contributed by atoms with Crippen molar-refractivity contribution in [3.8, 4) is 11.1 Å². The zero-order chi connectivity index (χ0) is 36.1. The first-order chi connectivity index (χ1) is 25.2. The lowest BCUT2D eigenvalue weighted by molar-refractivity contribution is 0.590. The van der Waals surface area contributed by atoms with Crippen LogP contribution in [0.2, 0.25) is 0 Å². The van der Waals surface area contributed by atoms with E-state index in [0.29, 0.717) is 0 Å². The highest BCUT2D eigenvalue weighted by Crippen LogP contribution is 2.38. The van der Waals surface area contributed by atoms with E-state index >= 15 is 0 Å². The van der Waals surface area contributed by atoms with Crippen LogP contribution in [0.3, 0.4) is 0 Å². The Kier molecular flexibility index (Phi) is 9.91. The molecular formula is C50H46N2. The van der Waals surface area contributed by atoms with Crippen molar-refractivity contribution in [2.45, 2.75) is 40.0 Å². The molecule has 0 aliphatic heterocycles. The van der Waals surface area contributed by atoms with Gasteiger partial charge in [0.25, 0.3) is 0 Å². The molecule has 7 rings (SSSR count). The molecule has 256 valence electrons. The number of hydrogen-bond acceptors (Lipinski definition) is 2. The van der Waals surface area contributed by atoms with Gasteiger partial charge in [-0.05, 0) is 131 Å². The highest BCUT2D eigenvalue weighted by atomic mass is 15.1. The van der Waals surface area contributed by atoms with E-state index in [1.807, 2.05) is 0 Å². The zero-order valence-corrected chi connectivity index (χ0v) is 30.8. The van der Waals surface area contributed by atoms with Crippen LogP contribution in [0.5, 0.6) is 0 Å². The van der Waals surface area contributed by atoms with Crippen molar-refractivity contribution in [3.63, 3.8) is 0 Å². The SMILES string of the molecule is Cc1cc(C)cc(N(c2ccc(-c3ccc(C=Cc4ccc(N(c5ccccc5)c5ccccc5)cc4)cc3)cc2)c2ccc(C(C)(C)C)cc2)c1. The van der Waals surface area contributed by atoms with Gasteiger partial charge in [-0.3, -0.25) is 0 Å². The summed E-state index contributed by atoms with van der Waals surface area (Å²) in [5, 5.41) is 0. The Morgan fingerprint density at radius 2 is 0.712 bits per heavy atom. The Morgan fingerprint density at radius 3 is 1.15 bits per heavy atom. The van der Waals surface area contributed by atoms with Crippen molar-refractivity contribution in [1.29, 1.82) is 0 Å². The molecule has 0 unspecified atom stereocenters. The fourth-order valence-corrected chi connectivity index (χ4v) is 6.76. The number of benzene rings is 7. The molecule has 2 heteroatoms. The maximum atomic E-state index is 2.36. The molecule has 0 atom stereocenters. The predicted octanol–water partition coefficient (Wildman–Crippen LogP) is 14.4. The number of anilines is 6. The van der Waals surface area contributed by atoms with Crippen LogP contribution in [0, 0.1) is 13.8 Å². The van der Waals surface area contributed by atoms with Crippen molar-refractivity contribution in [1.82, 2.24) is 0 Å². The molecule has 0 spiro atoms. The molecule has 0 amide bonds. The van der Waals surface area contributed by atoms with Crippen LogP contribution in [0.25, 0.3) is 23.3 Å². The number of hydrogen-bond donors (Lipinski definition) is 0. The highest BCUT2D eigenvalue weighted by Gasteiger charge is 2.17. The molecule has 7 aromatic rings. The molecule has 0 heterocycles. The summed E-state index contributed by atoms with van der Waals surface area (Å²) in [4.78, 5) is 4.64. The minimum Gasteiger partial charge on any atom is -0.311 e.